The number of rotatable bonds is 5. The van der Waals surface area contributed by atoms with Crippen molar-refractivity contribution in [2.24, 2.45) is 0 Å². The van der Waals surface area contributed by atoms with Crippen molar-refractivity contribution < 1.29 is 14.0 Å². The molecule has 0 unspecified atom stereocenters. The van der Waals surface area contributed by atoms with Crippen LogP contribution >= 0.6 is 11.3 Å². The Morgan fingerprint density at radius 2 is 2.26 bits per heavy atom. The fourth-order valence-corrected chi connectivity index (χ4v) is 2.62. The van der Waals surface area contributed by atoms with E-state index in [1.54, 1.807) is 24.6 Å². The highest BCUT2D eigenvalue weighted by Gasteiger charge is 2.14. The summed E-state index contributed by atoms with van der Waals surface area (Å²) in [5, 5.41) is 13.9. The lowest BCUT2D eigenvalue weighted by molar-refractivity contribution is -0.115. The van der Waals surface area contributed by atoms with E-state index in [0.717, 1.165) is 0 Å². The fraction of sp³-hybridized carbons (Fsp3) is 0.143. The third kappa shape index (κ3) is 3.64. The van der Waals surface area contributed by atoms with Gasteiger partial charge in [-0.2, -0.15) is 5.10 Å². The number of anilines is 2. The Morgan fingerprint density at radius 1 is 1.39 bits per heavy atom. The van der Waals surface area contributed by atoms with E-state index in [1.807, 2.05) is 0 Å². The Hall–Kier alpha value is -2.94. The average molecular weight is 331 g/mol. The number of nitrogens with zero attached hydrogens (tertiary/aromatic N) is 2. The predicted octanol–water partition coefficient (Wildman–Crippen LogP) is 2.20. The van der Waals surface area contributed by atoms with Crippen LogP contribution in [0.2, 0.25) is 0 Å². The van der Waals surface area contributed by atoms with Gasteiger partial charge >= 0.3 is 0 Å². The van der Waals surface area contributed by atoms with Crippen molar-refractivity contribution >= 4 is 34.0 Å². The molecule has 0 saturated carbocycles. The Bertz CT molecular complexity index is 821. The maximum atomic E-state index is 12.0. The van der Waals surface area contributed by atoms with Gasteiger partial charge in [0.25, 0.3) is 5.91 Å². The second kappa shape index (κ2) is 6.44. The monoisotopic (exact) mass is 331 g/mol. The van der Waals surface area contributed by atoms with Crippen LogP contribution in [0.4, 0.5) is 10.8 Å². The molecule has 8 nitrogen and oxygen atoms in total. The van der Waals surface area contributed by atoms with Crippen molar-refractivity contribution in [1.29, 1.82) is 0 Å². The van der Waals surface area contributed by atoms with Crippen molar-refractivity contribution in [3.8, 4) is 0 Å². The second-order valence-electron chi connectivity index (χ2n) is 4.70. The van der Waals surface area contributed by atoms with E-state index in [9.17, 15) is 9.59 Å². The molecule has 0 bridgehead atoms. The van der Waals surface area contributed by atoms with E-state index < -0.39 is 0 Å². The molecule has 0 aromatic carbocycles. The lowest BCUT2D eigenvalue weighted by Gasteiger charge is -2.00. The number of aromatic amines is 1. The molecule has 3 aromatic heterocycles. The van der Waals surface area contributed by atoms with Crippen LogP contribution in [0.5, 0.6) is 0 Å². The van der Waals surface area contributed by atoms with Gasteiger partial charge in [0.1, 0.15) is 5.76 Å². The van der Waals surface area contributed by atoms with Crippen molar-refractivity contribution in [1.82, 2.24) is 15.2 Å². The summed E-state index contributed by atoms with van der Waals surface area (Å²) in [5.74, 6) is 0.0408. The molecular formula is C14H13N5O3S. The lowest BCUT2D eigenvalue weighted by Crippen LogP contribution is -2.15. The number of carbonyl (C=O) groups excluding carboxylic acids is 2. The number of carbonyl (C=O) groups is 2. The van der Waals surface area contributed by atoms with Crippen LogP contribution in [-0.4, -0.2) is 27.0 Å². The van der Waals surface area contributed by atoms with Gasteiger partial charge in [0, 0.05) is 11.6 Å². The largest absolute Gasteiger partial charge is 0.469 e. The van der Waals surface area contributed by atoms with Crippen LogP contribution in [0.25, 0.3) is 0 Å². The molecule has 0 aliphatic heterocycles. The third-order valence-electron chi connectivity index (χ3n) is 3.00. The molecule has 0 radical (unpaired) electrons. The number of nitrogens with one attached hydrogen (secondary N) is 3. The first-order chi connectivity index (χ1) is 11.1. The van der Waals surface area contributed by atoms with Gasteiger partial charge in [-0.05, 0) is 13.0 Å². The van der Waals surface area contributed by atoms with E-state index >= 15 is 0 Å². The summed E-state index contributed by atoms with van der Waals surface area (Å²) in [5.41, 5.74) is 1.63. The zero-order valence-electron chi connectivity index (χ0n) is 12.1. The molecule has 0 aliphatic rings. The first-order valence-corrected chi connectivity index (χ1v) is 7.58. The first kappa shape index (κ1) is 15.0. The average Bonchev–Trinajstić information content (AvgIpc) is 3.22. The number of hydrogen-bond acceptors (Lipinski definition) is 6. The highest BCUT2D eigenvalue weighted by atomic mass is 32.1. The van der Waals surface area contributed by atoms with Gasteiger partial charge < -0.3 is 9.73 Å². The predicted molar refractivity (Wildman–Crippen MR) is 84.4 cm³/mol. The van der Waals surface area contributed by atoms with Crippen LogP contribution in [0.3, 0.4) is 0 Å². The van der Waals surface area contributed by atoms with Gasteiger partial charge in [-0.1, -0.05) is 0 Å². The normalized spacial score (nSPS) is 10.5. The first-order valence-electron chi connectivity index (χ1n) is 6.70. The minimum atomic E-state index is -0.292. The zero-order valence-corrected chi connectivity index (χ0v) is 12.9. The number of aromatic nitrogens is 3. The summed E-state index contributed by atoms with van der Waals surface area (Å²) < 4.78 is 5.09. The third-order valence-corrected chi connectivity index (χ3v) is 3.81. The van der Waals surface area contributed by atoms with Crippen LogP contribution in [0, 0.1) is 6.92 Å². The zero-order chi connectivity index (χ0) is 16.2. The van der Waals surface area contributed by atoms with Crippen molar-refractivity contribution in [3.63, 3.8) is 0 Å². The van der Waals surface area contributed by atoms with Gasteiger partial charge in [-0.3, -0.25) is 20.0 Å². The SMILES string of the molecule is Cc1occc1C(=O)Nc1nc(CC(=O)Nc2cn[nH]c2)cs1. The molecule has 0 spiro atoms. The van der Waals surface area contributed by atoms with Gasteiger partial charge in [-0.25, -0.2) is 4.98 Å². The molecule has 118 valence electrons. The number of H-pyrrole nitrogens is 1. The van der Waals surface area contributed by atoms with E-state index in [-0.39, 0.29) is 18.2 Å². The molecule has 2 amide bonds. The molecule has 23 heavy (non-hydrogen) atoms. The molecule has 0 fully saturated rings. The molecule has 9 heteroatoms. The number of hydrogen-bond donors (Lipinski definition) is 3. The molecule has 0 aliphatic carbocycles. The Kier molecular flexibility index (Phi) is 4.20. The summed E-state index contributed by atoms with van der Waals surface area (Å²) >= 11 is 1.26. The minimum absolute atomic E-state index is 0.113. The number of amides is 2. The van der Waals surface area contributed by atoms with Crippen LogP contribution in [0.1, 0.15) is 21.8 Å². The molecule has 3 aromatic rings. The van der Waals surface area contributed by atoms with E-state index in [2.05, 4.69) is 25.8 Å². The van der Waals surface area contributed by atoms with E-state index in [1.165, 1.54) is 23.8 Å². The van der Waals surface area contributed by atoms with Gasteiger partial charge in [-0.15, -0.1) is 11.3 Å². The summed E-state index contributed by atoms with van der Waals surface area (Å²) in [4.78, 5) is 28.1. The van der Waals surface area contributed by atoms with E-state index in [4.69, 9.17) is 4.42 Å². The molecule has 3 heterocycles. The van der Waals surface area contributed by atoms with Gasteiger partial charge in [0.2, 0.25) is 5.91 Å². The van der Waals surface area contributed by atoms with Crippen LogP contribution in [0.15, 0.2) is 34.5 Å². The standard InChI is InChI=1S/C14H13N5O3S/c1-8-11(2-3-22-8)13(21)19-14-18-9(7-23-14)4-12(20)17-10-5-15-16-6-10/h2-3,5-7H,4H2,1H3,(H,15,16)(H,17,20)(H,18,19,21). The smallest absolute Gasteiger partial charge is 0.260 e. The molecule has 0 saturated heterocycles. The van der Waals surface area contributed by atoms with Crippen molar-refractivity contribution in [2.45, 2.75) is 13.3 Å². The molecular weight excluding hydrogens is 318 g/mol. The number of aryl methyl sites for hydroxylation is 1. The number of thiazole rings is 1. The highest BCUT2D eigenvalue weighted by Crippen LogP contribution is 2.18. The van der Waals surface area contributed by atoms with E-state index in [0.29, 0.717) is 27.8 Å². The van der Waals surface area contributed by atoms with Gasteiger partial charge in [0.05, 0.1) is 35.8 Å². The maximum absolute atomic E-state index is 12.0. The lowest BCUT2D eigenvalue weighted by atomic mass is 10.2. The molecule has 3 rings (SSSR count). The Labute approximate surface area is 134 Å². The summed E-state index contributed by atoms with van der Waals surface area (Å²) in [6.45, 7) is 1.71. The Morgan fingerprint density at radius 3 is 2.96 bits per heavy atom. The topological polar surface area (TPSA) is 113 Å². The van der Waals surface area contributed by atoms with Crippen LogP contribution in [-0.2, 0) is 11.2 Å². The number of furan rings is 1. The Balaban J connectivity index is 1.58. The summed E-state index contributed by atoms with van der Waals surface area (Å²) in [6.07, 6.45) is 4.66. The molecule has 3 N–H and O–H groups in total. The van der Waals surface area contributed by atoms with Crippen LogP contribution < -0.4 is 10.6 Å². The molecule has 0 atom stereocenters. The second-order valence-corrected chi connectivity index (χ2v) is 5.56. The summed E-state index contributed by atoms with van der Waals surface area (Å²) in [6, 6.07) is 1.59. The fourth-order valence-electron chi connectivity index (χ4n) is 1.92. The highest BCUT2D eigenvalue weighted by molar-refractivity contribution is 7.14. The summed E-state index contributed by atoms with van der Waals surface area (Å²) in [7, 11) is 0. The maximum Gasteiger partial charge on any atom is 0.260 e. The van der Waals surface area contributed by atoms with Gasteiger partial charge in [0.15, 0.2) is 5.13 Å². The minimum Gasteiger partial charge on any atom is -0.469 e. The van der Waals surface area contributed by atoms with Crippen molar-refractivity contribution in [2.75, 3.05) is 10.6 Å². The van der Waals surface area contributed by atoms with Crippen molar-refractivity contribution in [3.05, 3.63) is 47.1 Å². The quantitative estimate of drug-likeness (QED) is 0.663.